The van der Waals surface area contributed by atoms with Gasteiger partial charge in [0, 0.05) is 22.3 Å². The minimum atomic E-state index is -1.00. The van der Waals surface area contributed by atoms with Crippen LogP contribution in [0.1, 0.15) is 34.8 Å². The molecule has 0 saturated carbocycles. The van der Waals surface area contributed by atoms with Crippen molar-refractivity contribution in [3.05, 3.63) is 77.1 Å². The van der Waals surface area contributed by atoms with Gasteiger partial charge in [0.25, 0.3) is 5.91 Å². The number of amides is 1. The van der Waals surface area contributed by atoms with E-state index in [1.165, 1.54) is 4.90 Å². The number of benzene rings is 2. The Bertz CT molecular complexity index is 1000. The van der Waals surface area contributed by atoms with E-state index < -0.39 is 12.0 Å². The van der Waals surface area contributed by atoms with Gasteiger partial charge in [0.2, 0.25) is 0 Å². The molecule has 0 aliphatic carbocycles. The highest BCUT2D eigenvalue weighted by atomic mass is 35.5. The SMILES string of the molecule is O=C(O)[C@@H]1CC[C@H](c2ccccc2Cl)N1C(=O)c1ccc(-c2cn[nH]c2)cc1. The van der Waals surface area contributed by atoms with Crippen LogP contribution in [-0.2, 0) is 4.79 Å². The molecule has 0 bridgehead atoms. The number of carbonyl (C=O) groups is 2. The van der Waals surface area contributed by atoms with Gasteiger partial charge in [0.15, 0.2) is 0 Å². The van der Waals surface area contributed by atoms with E-state index in [0.717, 1.165) is 16.7 Å². The zero-order chi connectivity index (χ0) is 19.7. The van der Waals surface area contributed by atoms with Crippen molar-refractivity contribution in [1.82, 2.24) is 15.1 Å². The van der Waals surface area contributed by atoms with Crippen molar-refractivity contribution in [3.63, 3.8) is 0 Å². The maximum atomic E-state index is 13.3. The van der Waals surface area contributed by atoms with Crippen LogP contribution in [0, 0.1) is 0 Å². The smallest absolute Gasteiger partial charge is 0.326 e. The first kappa shape index (κ1) is 18.3. The van der Waals surface area contributed by atoms with Gasteiger partial charge in [-0.25, -0.2) is 4.79 Å². The van der Waals surface area contributed by atoms with Gasteiger partial charge in [-0.05, 0) is 42.2 Å². The summed E-state index contributed by atoms with van der Waals surface area (Å²) in [7, 11) is 0. The molecule has 7 heteroatoms. The standard InChI is InChI=1S/C21H18ClN3O3/c22-17-4-2-1-3-16(17)18-9-10-19(21(27)28)25(18)20(26)14-7-5-13(6-8-14)15-11-23-24-12-15/h1-8,11-12,18-19H,9-10H2,(H,23,24)(H,27,28)/t18-,19+/m1/s1. The molecule has 2 aromatic carbocycles. The number of nitrogens with zero attached hydrogens (tertiary/aromatic N) is 2. The summed E-state index contributed by atoms with van der Waals surface area (Å²) < 4.78 is 0. The first-order valence-corrected chi connectivity index (χ1v) is 9.33. The second-order valence-corrected chi connectivity index (χ2v) is 7.15. The molecule has 0 radical (unpaired) electrons. The number of likely N-dealkylation sites (tertiary alicyclic amines) is 1. The van der Waals surface area contributed by atoms with E-state index in [-0.39, 0.29) is 11.9 Å². The quantitative estimate of drug-likeness (QED) is 0.694. The average Bonchev–Trinajstić information content (AvgIpc) is 3.38. The molecule has 0 unspecified atom stereocenters. The summed E-state index contributed by atoms with van der Waals surface area (Å²) in [5.41, 5.74) is 3.05. The number of aliphatic carboxylic acids is 1. The molecule has 2 atom stereocenters. The van der Waals surface area contributed by atoms with E-state index in [4.69, 9.17) is 11.6 Å². The summed E-state index contributed by atoms with van der Waals surface area (Å²) in [5.74, 6) is -1.31. The molecule has 2 heterocycles. The normalized spacial score (nSPS) is 19.0. The third-order valence-corrected chi connectivity index (χ3v) is 5.48. The van der Waals surface area contributed by atoms with Gasteiger partial charge in [-0.3, -0.25) is 9.89 Å². The molecule has 1 amide bonds. The molecular weight excluding hydrogens is 378 g/mol. The first-order chi connectivity index (χ1) is 13.6. The third kappa shape index (κ3) is 3.27. The highest BCUT2D eigenvalue weighted by Crippen LogP contribution is 2.40. The number of aromatic amines is 1. The number of nitrogens with one attached hydrogen (secondary N) is 1. The van der Waals surface area contributed by atoms with Gasteiger partial charge in [-0.1, -0.05) is 41.9 Å². The highest BCUT2D eigenvalue weighted by molar-refractivity contribution is 6.31. The number of hydrogen-bond donors (Lipinski definition) is 2. The number of halogens is 1. The van der Waals surface area contributed by atoms with Crippen LogP contribution in [0.25, 0.3) is 11.1 Å². The predicted octanol–water partition coefficient (Wildman–Crippen LogP) is 4.16. The Kier molecular flexibility index (Phi) is 4.88. The van der Waals surface area contributed by atoms with Crippen LogP contribution in [0.5, 0.6) is 0 Å². The fourth-order valence-electron chi connectivity index (χ4n) is 3.75. The van der Waals surface area contributed by atoms with E-state index in [0.29, 0.717) is 23.4 Å². The molecule has 142 valence electrons. The maximum Gasteiger partial charge on any atom is 0.326 e. The topological polar surface area (TPSA) is 86.3 Å². The van der Waals surface area contributed by atoms with Gasteiger partial charge in [-0.2, -0.15) is 5.10 Å². The Hall–Kier alpha value is -3.12. The van der Waals surface area contributed by atoms with Crippen molar-refractivity contribution in [1.29, 1.82) is 0 Å². The van der Waals surface area contributed by atoms with E-state index in [2.05, 4.69) is 10.2 Å². The van der Waals surface area contributed by atoms with Crippen molar-refractivity contribution in [2.24, 2.45) is 0 Å². The molecule has 1 aliphatic rings. The molecular formula is C21H18ClN3O3. The number of H-pyrrole nitrogens is 1. The fraction of sp³-hybridized carbons (Fsp3) is 0.190. The summed E-state index contributed by atoms with van der Waals surface area (Å²) in [4.78, 5) is 26.5. The first-order valence-electron chi connectivity index (χ1n) is 8.95. The molecule has 1 aromatic heterocycles. The molecule has 28 heavy (non-hydrogen) atoms. The Morgan fingerprint density at radius 1 is 1.07 bits per heavy atom. The summed E-state index contributed by atoms with van der Waals surface area (Å²) in [6.45, 7) is 0. The van der Waals surface area contributed by atoms with Crippen molar-refractivity contribution in [2.75, 3.05) is 0 Å². The lowest BCUT2D eigenvalue weighted by molar-refractivity contribution is -0.141. The maximum absolute atomic E-state index is 13.3. The van der Waals surface area contributed by atoms with Crippen LogP contribution < -0.4 is 0 Å². The monoisotopic (exact) mass is 395 g/mol. The second-order valence-electron chi connectivity index (χ2n) is 6.75. The third-order valence-electron chi connectivity index (χ3n) is 5.13. The molecule has 0 spiro atoms. The van der Waals surface area contributed by atoms with Crippen LogP contribution in [-0.4, -0.2) is 38.1 Å². The van der Waals surface area contributed by atoms with Gasteiger partial charge >= 0.3 is 5.97 Å². The molecule has 3 aromatic rings. The van der Waals surface area contributed by atoms with E-state index in [9.17, 15) is 14.7 Å². The average molecular weight is 396 g/mol. The number of rotatable bonds is 4. The number of carbonyl (C=O) groups excluding carboxylic acids is 1. The molecule has 1 saturated heterocycles. The van der Waals surface area contributed by atoms with Gasteiger partial charge < -0.3 is 10.0 Å². The van der Waals surface area contributed by atoms with Crippen LogP contribution in [0.2, 0.25) is 5.02 Å². The molecule has 1 aliphatic heterocycles. The van der Waals surface area contributed by atoms with Crippen molar-refractivity contribution >= 4 is 23.5 Å². The lowest BCUT2D eigenvalue weighted by Crippen LogP contribution is -2.41. The van der Waals surface area contributed by atoms with Crippen LogP contribution in [0.3, 0.4) is 0 Å². The highest BCUT2D eigenvalue weighted by Gasteiger charge is 2.42. The molecule has 1 fully saturated rings. The van der Waals surface area contributed by atoms with Gasteiger partial charge in [-0.15, -0.1) is 0 Å². The van der Waals surface area contributed by atoms with E-state index in [1.54, 1.807) is 30.6 Å². The Morgan fingerprint density at radius 2 is 1.82 bits per heavy atom. The van der Waals surface area contributed by atoms with Crippen molar-refractivity contribution in [3.8, 4) is 11.1 Å². The van der Waals surface area contributed by atoms with Crippen LogP contribution >= 0.6 is 11.6 Å². The van der Waals surface area contributed by atoms with Crippen molar-refractivity contribution < 1.29 is 14.7 Å². The molecule has 2 N–H and O–H groups in total. The second kappa shape index (κ2) is 7.48. The fourth-order valence-corrected chi connectivity index (χ4v) is 4.01. The Balaban J connectivity index is 1.67. The van der Waals surface area contributed by atoms with Gasteiger partial charge in [0.05, 0.1) is 12.2 Å². The number of aromatic nitrogens is 2. The summed E-state index contributed by atoms with van der Waals surface area (Å²) in [5, 5.41) is 16.9. The Morgan fingerprint density at radius 3 is 2.46 bits per heavy atom. The largest absolute Gasteiger partial charge is 0.480 e. The number of carboxylic acid groups (broad SMARTS) is 1. The van der Waals surface area contributed by atoms with Crippen molar-refractivity contribution in [2.45, 2.75) is 24.9 Å². The zero-order valence-electron chi connectivity index (χ0n) is 14.9. The Labute approximate surface area is 166 Å². The van der Waals surface area contributed by atoms with E-state index >= 15 is 0 Å². The summed E-state index contributed by atoms with van der Waals surface area (Å²) >= 11 is 6.33. The van der Waals surface area contributed by atoms with E-state index in [1.807, 2.05) is 30.3 Å². The van der Waals surface area contributed by atoms with Crippen LogP contribution in [0.15, 0.2) is 60.9 Å². The minimum absolute atomic E-state index is 0.312. The zero-order valence-corrected chi connectivity index (χ0v) is 15.6. The number of hydrogen-bond acceptors (Lipinski definition) is 3. The lowest BCUT2D eigenvalue weighted by atomic mass is 10.0. The van der Waals surface area contributed by atoms with Gasteiger partial charge in [0.1, 0.15) is 6.04 Å². The molecule has 6 nitrogen and oxygen atoms in total. The molecule has 4 rings (SSSR count). The summed E-state index contributed by atoms with van der Waals surface area (Å²) in [6.07, 6.45) is 4.42. The summed E-state index contributed by atoms with van der Waals surface area (Å²) in [6, 6.07) is 13.1. The van der Waals surface area contributed by atoms with Crippen LogP contribution in [0.4, 0.5) is 0 Å². The number of carboxylic acids is 1. The predicted molar refractivity (Wildman–Crippen MR) is 105 cm³/mol. The minimum Gasteiger partial charge on any atom is -0.480 e. The lowest BCUT2D eigenvalue weighted by Gasteiger charge is -2.29.